The Labute approximate surface area is 82.0 Å². The largest absolute Gasteiger partial charge is 0.381 e. The van der Waals surface area contributed by atoms with Gasteiger partial charge in [0.2, 0.25) is 0 Å². The van der Waals surface area contributed by atoms with Crippen LogP contribution in [-0.4, -0.2) is 26.8 Å². The van der Waals surface area contributed by atoms with E-state index in [0.29, 0.717) is 0 Å². The Balaban J connectivity index is 2.32. The van der Waals surface area contributed by atoms with Crippen LogP contribution in [0.4, 0.5) is 0 Å². The normalized spacial score (nSPS) is 21.7. The minimum Gasteiger partial charge on any atom is -0.381 e. The van der Waals surface area contributed by atoms with Crippen molar-refractivity contribution in [1.82, 2.24) is 5.32 Å². The Hall–Kier alpha value is -0.0800. The Kier molecular flexibility index (Phi) is 5.40. The average molecular weight is 185 g/mol. The number of nitrogens with one attached hydrogen (secondary N) is 1. The molecule has 78 valence electrons. The van der Waals surface area contributed by atoms with Crippen LogP contribution in [0.1, 0.15) is 32.6 Å². The molecule has 0 saturated carbocycles. The van der Waals surface area contributed by atoms with Crippen molar-refractivity contribution in [2.24, 2.45) is 11.8 Å². The van der Waals surface area contributed by atoms with Gasteiger partial charge >= 0.3 is 0 Å². The van der Waals surface area contributed by atoms with Gasteiger partial charge in [-0.15, -0.1) is 0 Å². The van der Waals surface area contributed by atoms with Crippen LogP contribution < -0.4 is 5.32 Å². The predicted molar refractivity (Wildman–Crippen MR) is 55.9 cm³/mol. The first-order valence-electron chi connectivity index (χ1n) is 5.60. The maximum atomic E-state index is 5.39. The van der Waals surface area contributed by atoms with Gasteiger partial charge in [-0.05, 0) is 44.7 Å². The SMILES string of the molecule is CCCC(CNC)C1CCOCC1. The maximum absolute atomic E-state index is 5.39. The van der Waals surface area contributed by atoms with Crippen molar-refractivity contribution in [2.75, 3.05) is 26.8 Å². The van der Waals surface area contributed by atoms with Gasteiger partial charge in [-0.2, -0.15) is 0 Å². The van der Waals surface area contributed by atoms with Crippen LogP contribution in [0, 0.1) is 11.8 Å². The van der Waals surface area contributed by atoms with E-state index in [2.05, 4.69) is 19.3 Å². The lowest BCUT2D eigenvalue weighted by Crippen LogP contribution is -2.30. The minimum absolute atomic E-state index is 0.874. The molecule has 2 nitrogen and oxygen atoms in total. The van der Waals surface area contributed by atoms with Crippen molar-refractivity contribution in [3.63, 3.8) is 0 Å². The van der Waals surface area contributed by atoms with E-state index in [-0.39, 0.29) is 0 Å². The van der Waals surface area contributed by atoms with E-state index in [1.165, 1.54) is 32.2 Å². The van der Waals surface area contributed by atoms with Gasteiger partial charge in [-0.3, -0.25) is 0 Å². The molecular weight excluding hydrogens is 162 g/mol. The number of hydrogen-bond acceptors (Lipinski definition) is 2. The van der Waals surface area contributed by atoms with E-state index in [0.717, 1.165) is 25.0 Å². The molecule has 0 spiro atoms. The fourth-order valence-corrected chi connectivity index (χ4v) is 2.32. The van der Waals surface area contributed by atoms with Gasteiger partial charge < -0.3 is 10.1 Å². The van der Waals surface area contributed by atoms with Crippen molar-refractivity contribution in [2.45, 2.75) is 32.6 Å². The highest BCUT2D eigenvalue weighted by Crippen LogP contribution is 2.26. The highest BCUT2D eigenvalue weighted by atomic mass is 16.5. The average Bonchev–Trinajstić information content (AvgIpc) is 2.19. The molecule has 1 atom stereocenters. The third kappa shape index (κ3) is 3.65. The van der Waals surface area contributed by atoms with E-state index in [1.807, 2.05) is 0 Å². The second-order valence-corrected chi connectivity index (χ2v) is 4.06. The molecule has 0 aromatic rings. The highest BCUT2D eigenvalue weighted by molar-refractivity contribution is 4.73. The van der Waals surface area contributed by atoms with Gasteiger partial charge in [-0.25, -0.2) is 0 Å². The van der Waals surface area contributed by atoms with Crippen LogP contribution in [0.15, 0.2) is 0 Å². The molecule has 13 heavy (non-hydrogen) atoms. The van der Waals surface area contributed by atoms with Gasteiger partial charge in [0.25, 0.3) is 0 Å². The molecule has 1 rings (SSSR count). The second kappa shape index (κ2) is 6.39. The van der Waals surface area contributed by atoms with Crippen LogP contribution in [0.3, 0.4) is 0 Å². The first-order valence-corrected chi connectivity index (χ1v) is 5.60. The summed E-state index contributed by atoms with van der Waals surface area (Å²) >= 11 is 0. The molecule has 0 aromatic heterocycles. The minimum atomic E-state index is 0.874. The van der Waals surface area contributed by atoms with Crippen molar-refractivity contribution in [1.29, 1.82) is 0 Å². The van der Waals surface area contributed by atoms with Crippen molar-refractivity contribution in [3.05, 3.63) is 0 Å². The molecule has 1 aliphatic heterocycles. The summed E-state index contributed by atoms with van der Waals surface area (Å²) in [6.07, 6.45) is 5.22. The van der Waals surface area contributed by atoms with Crippen LogP contribution in [0.25, 0.3) is 0 Å². The molecule has 1 N–H and O–H groups in total. The summed E-state index contributed by atoms with van der Waals surface area (Å²) in [7, 11) is 2.06. The number of hydrogen-bond donors (Lipinski definition) is 1. The molecule has 1 heterocycles. The predicted octanol–water partition coefficient (Wildman–Crippen LogP) is 2.05. The lowest BCUT2D eigenvalue weighted by Gasteiger charge is -2.30. The Morgan fingerprint density at radius 1 is 1.38 bits per heavy atom. The number of ether oxygens (including phenoxy) is 1. The summed E-state index contributed by atoms with van der Waals surface area (Å²) in [6, 6.07) is 0. The van der Waals surface area contributed by atoms with Gasteiger partial charge in [0.15, 0.2) is 0 Å². The van der Waals surface area contributed by atoms with E-state index < -0.39 is 0 Å². The topological polar surface area (TPSA) is 21.3 Å². The maximum Gasteiger partial charge on any atom is 0.0468 e. The fraction of sp³-hybridized carbons (Fsp3) is 1.00. The Morgan fingerprint density at radius 3 is 2.62 bits per heavy atom. The summed E-state index contributed by atoms with van der Waals surface area (Å²) in [5, 5.41) is 3.31. The third-order valence-corrected chi connectivity index (χ3v) is 3.06. The third-order valence-electron chi connectivity index (χ3n) is 3.06. The zero-order valence-electron chi connectivity index (χ0n) is 9.01. The van der Waals surface area contributed by atoms with Crippen molar-refractivity contribution < 1.29 is 4.74 Å². The summed E-state index contributed by atoms with van der Waals surface area (Å²) in [6.45, 7) is 5.42. The van der Waals surface area contributed by atoms with E-state index in [9.17, 15) is 0 Å². The molecule has 1 aliphatic rings. The zero-order chi connectivity index (χ0) is 9.52. The Morgan fingerprint density at radius 2 is 2.08 bits per heavy atom. The van der Waals surface area contributed by atoms with Crippen LogP contribution in [-0.2, 0) is 4.74 Å². The fourth-order valence-electron chi connectivity index (χ4n) is 2.32. The Bertz CT molecular complexity index is 115. The van der Waals surface area contributed by atoms with Crippen LogP contribution in [0.5, 0.6) is 0 Å². The standard InChI is InChI=1S/C11H23NO/c1-3-4-11(9-12-2)10-5-7-13-8-6-10/h10-12H,3-9H2,1-2H3. The van der Waals surface area contributed by atoms with Crippen LogP contribution >= 0.6 is 0 Å². The lowest BCUT2D eigenvalue weighted by atomic mass is 9.83. The lowest BCUT2D eigenvalue weighted by molar-refractivity contribution is 0.0451. The molecule has 0 amide bonds. The molecule has 1 saturated heterocycles. The van der Waals surface area contributed by atoms with Crippen molar-refractivity contribution >= 4 is 0 Å². The first kappa shape index (κ1) is 11.0. The first-order chi connectivity index (χ1) is 6.38. The molecule has 1 unspecified atom stereocenters. The molecule has 0 bridgehead atoms. The van der Waals surface area contributed by atoms with Gasteiger partial charge in [0, 0.05) is 13.2 Å². The van der Waals surface area contributed by atoms with E-state index in [1.54, 1.807) is 0 Å². The second-order valence-electron chi connectivity index (χ2n) is 4.06. The van der Waals surface area contributed by atoms with E-state index in [4.69, 9.17) is 4.74 Å². The molecule has 2 heteroatoms. The van der Waals surface area contributed by atoms with Gasteiger partial charge in [0.05, 0.1) is 0 Å². The van der Waals surface area contributed by atoms with Gasteiger partial charge in [0.1, 0.15) is 0 Å². The van der Waals surface area contributed by atoms with Crippen molar-refractivity contribution in [3.8, 4) is 0 Å². The molecule has 0 aromatic carbocycles. The summed E-state index contributed by atoms with van der Waals surface area (Å²) in [4.78, 5) is 0. The van der Waals surface area contributed by atoms with Crippen LogP contribution in [0.2, 0.25) is 0 Å². The molecule has 1 fully saturated rings. The molecule has 0 aliphatic carbocycles. The highest BCUT2D eigenvalue weighted by Gasteiger charge is 2.22. The van der Waals surface area contributed by atoms with E-state index >= 15 is 0 Å². The monoisotopic (exact) mass is 185 g/mol. The molecule has 0 radical (unpaired) electrons. The smallest absolute Gasteiger partial charge is 0.0468 e. The number of rotatable bonds is 5. The quantitative estimate of drug-likeness (QED) is 0.708. The molecular formula is C11H23NO. The van der Waals surface area contributed by atoms with Gasteiger partial charge in [-0.1, -0.05) is 13.3 Å². The summed E-state index contributed by atoms with van der Waals surface area (Å²) in [5.41, 5.74) is 0. The summed E-state index contributed by atoms with van der Waals surface area (Å²) < 4.78 is 5.39. The summed E-state index contributed by atoms with van der Waals surface area (Å²) in [5.74, 6) is 1.78. The zero-order valence-corrected chi connectivity index (χ0v) is 9.01.